The van der Waals surface area contributed by atoms with Gasteiger partial charge >= 0.3 is 0 Å². The van der Waals surface area contributed by atoms with Crippen LogP contribution in [0.15, 0.2) is 17.3 Å². The number of hydrogen-bond acceptors (Lipinski definition) is 5. The van der Waals surface area contributed by atoms with Gasteiger partial charge in [0, 0.05) is 7.11 Å². The number of halogens is 1. The van der Waals surface area contributed by atoms with Crippen LogP contribution in [-0.2, 0) is 4.74 Å². The monoisotopic (exact) mass is 272 g/mol. The zero-order valence-corrected chi connectivity index (χ0v) is 9.64. The van der Waals surface area contributed by atoms with Crippen LogP contribution in [0.4, 0.5) is 0 Å². The van der Waals surface area contributed by atoms with Gasteiger partial charge in [0.2, 0.25) is 5.65 Å². The van der Waals surface area contributed by atoms with Crippen molar-refractivity contribution in [2.75, 3.05) is 20.3 Å². The van der Waals surface area contributed by atoms with Gasteiger partial charge in [-0.25, -0.2) is 4.98 Å². The minimum absolute atomic E-state index is 0.461. The highest BCUT2D eigenvalue weighted by Crippen LogP contribution is 2.19. The van der Waals surface area contributed by atoms with Crippen molar-refractivity contribution in [2.24, 2.45) is 0 Å². The highest BCUT2D eigenvalue weighted by molar-refractivity contribution is 9.10. The van der Waals surface area contributed by atoms with Crippen LogP contribution < -0.4 is 4.74 Å². The van der Waals surface area contributed by atoms with Gasteiger partial charge in [-0.15, -0.1) is 10.2 Å². The van der Waals surface area contributed by atoms with Gasteiger partial charge in [-0.2, -0.15) is 0 Å². The standard InChI is InChI=1S/C8H9BrN4O2/c1-14-2-3-15-6-4-10-8(9)13-5-11-12-7(6)13/h4-5H,2-3H2,1H3. The molecule has 0 saturated carbocycles. The van der Waals surface area contributed by atoms with Crippen molar-refractivity contribution < 1.29 is 9.47 Å². The molecule has 0 N–H and O–H groups in total. The number of hydrogen-bond donors (Lipinski definition) is 0. The van der Waals surface area contributed by atoms with Crippen molar-refractivity contribution >= 4 is 21.6 Å². The van der Waals surface area contributed by atoms with Crippen LogP contribution in [-0.4, -0.2) is 39.9 Å². The van der Waals surface area contributed by atoms with Gasteiger partial charge in [0.1, 0.15) is 12.9 Å². The molecular weight excluding hydrogens is 264 g/mol. The van der Waals surface area contributed by atoms with Gasteiger partial charge in [-0.1, -0.05) is 0 Å². The molecule has 80 valence electrons. The summed E-state index contributed by atoms with van der Waals surface area (Å²) in [4.78, 5) is 4.09. The zero-order valence-electron chi connectivity index (χ0n) is 8.05. The molecule has 0 bridgehead atoms. The van der Waals surface area contributed by atoms with E-state index < -0.39 is 0 Å². The van der Waals surface area contributed by atoms with Gasteiger partial charge in [0.25, 0.3) is 0 Å². The van der Waals surface area contributed by atoms with E-state index in [0.29, 0.717) is 29.3 Å². The second-order valence-corrected chi connectivity index (χ2v) is 3.47. The Balaban J connectivity index is 2.27. The summed E-state index contributed by atoms with van der Waals surface area (Å²) in [5.74, 6) is 0.591. The number of aromatic nitrogens is 4. The third kappa shape index (κ3) is 2.07. The lowest BCUT2D eigenvalue weighted by Crippen LogP contribution is -2.06. The van der Waals surface area contributed by atoms with Gasteiger partial charge in [0.15, 0.2) is 10.5 Å². The lowest BCUT2D eigenvalue weighted by atomic mass is 10.5. The highest BCUT2D eigenvalue weighted by Gasteiger charge is 2.07. The molecule has 0 aliphatic carbocycles. The molecule has 0 saturated heterocycles. The van der Waals surface area contributed by atoms with Gasteiger partial charge in [-0.3, -0.25) is 4.40 Å². The van der Waals surface area contributed by atoms with E-state index in [1.165, 1.54) is 0 Å². The van der Waals surface area contributed by atoms with Crippen LogP contribution in [0, 0.1) is 0 Å². The molecule has 0 aliphatic rings. The van der Waals surface area contributed by atoms with E-state index in [9.17, 15) is 0 Å². The molecule has 0 aliphatic heterocycles. The average molecular weight is 273 g/mol. The van der Waals surface area contributed by atoms with Crippen molar-refractivity contribution in [3.63, 3.8) is 0 Å². The van der Waals surface area contributed by atoms with E-state index in [1.54, 1.807) is 24.0 Å². The summed E-state index contributed by atoms with van der Waals surface area (Å²) in [6, 6.07) is 0. The second-order valence-electron chi connectivity index (χ2n) is 2.76. The predicted octanol–water partition coefficient (Wildman–Crippen LogP) is 0.912. The molecule has 15 heavy (non-hydrogen) atoms. The molecule has 0 spiro atoms. The highest BCUT2D eigenvalue weighted by atomic mass is 79.9. The maximum atomic E-state index is 5.44. The predicted molar refractivity (Wildman–Crippen MR) is 55.9 cm³/mol. The molecule has 0 radical (unpaired) electrons. The van der Waals surface area contributed by atoms with Crippen molar-refractivity contribution in [1.82, 2.24) is 19.6 Å². The molecule has 0 fully saturated rings. The fourth-order valence-electron chi connectivity index (χ4n) is 1.11. The molecule has 2 rings (SSSR count). The molecular formula is C8H9BrN4O2. The fraction of sp³-hybridized carbons (Fsp3) is 0.375. The zero-order chi connectivity index (χ0) is 10.7. The first-order chi connectivity index (χ1) is 7.33. The van der Waals surface area contributed by atoms with Crippen molar-refractivity contribution in [3.05, 3.63) is 17.3 Å². The molecule has 0 amide bonds. The molecule has 0 unspecified atom stereocenters. The summed E-state index contributed by atoms with van der Waals surface area (Å²) in [5, 5.41) is 7.72. The Morgan fingerprint density at radius 2 is 2.33 bits per heavy atom. The van der Waals surface area contributed by atoms with Gasteiger partial charge < -0.3 is 9.47 Å². The first-order valence-electron chi connectivity index (χ1n) is 4.29. The smallest absolute Gasteiger partial charge is 0.206 e. The Kier molecular flexibility index (Phi) is 3.12. The Labute approximate surface area is 94.4 Å². The molecule has 2 aromatic heterocycles. The maximum absolute atomic E-state index is 5.44. The van der Waals surface area contributed by atoms with Crippen LogP contribution in [0.2, 0.25) is 0 Å². The van der Waals surface area contributed by atoms with Crippen LogP contribution in [0.1, 0.15) is 0 Å². The lowest BCUT2D eigenvalue weighted by molar-refractivity contribution is 0.146. The van der Waals surface area contributed by atoms with E-state index in [4.69, 9.17) is 9.47 Å². The van der Waals surface area contributed by atoms with Crippen LogP contribution in [0.5, 0.6) is 5.75 Å². The minimum atomic E-state index is 0.461. The Morgan fingerprint density at radius 1 is 1.47 bits per heavy atom. The summed E-state index contributed by atoms with van der Waals surface area (Å²) in [6.07, 6.45) is 3.17. The maximum Gasteiger partial charge on any atom is 0.206 e. The SMILES string of the molecule is COCCOc1cnc(Br)n2cnnc12. The Bertz CT molecular complexity index is 459. The molecule has 0 aromatic carbocycles. The molecule has 6 nitrogen and oxygen atoms in total. The number of fused-ring (bicyclic) bond motifs is 1. The number of methoxy groups -OCH3 is 1. The third-order valence-corrected chi connectivity index (χ3v) is 2.39. The van der Waals surface area contributed by atoms with Gasteiger partial charge in [-0.05, 0) is 15.9 Å². The van der Waals surface area contributed by atoms with Gasteiger partial charge in [0.05, 0.1) is 12.8 Å². The van der Waals surface area contributed by atoms with E-state index >= 15 is 0 Å². The quantitative estimate of drug-likeness (QED) is 0.612. The van der Waals surface area contributed by atoms with Crippen LogP contribution >= 0.6 is 15.9 Å². The Hall–Kier alpha value is -1.21. The number of rotatable bonds is 4. The van der Waals surface area contributed by atoms with Crippen molar-refractivity contribution in [2.45, 2.75) is 0 Å². The largest absolute Gasteiger partial charge is 0.486 e. The van der Waals surface area contributed by atoms with Crippen molar-refractivity contribution in [1.29, 1.82) is 0 Å². The van der Waals surface area contributed by atoms with Crippen LogP contribution in [0.25, 0.3) is 5.65 Å². The summed E-state index contributed by atoms with van der Waals surface area (Å²) in [6.45, 7) is 0.985. The van der Waals surface area contributed by atoms with Crippen LogP contribution in [0.3, 0.4) is 0 Å². The molecule has 2 heterocycles. The first-order valence-corrected chi connectivity index (χ1v) is 5.08. The Morgan fingerprint density at radius 3 is 3.13 bits per heavy atom. The summed E-state index contributed by atoms with van der Waals surface area (Å²) >= 11 is 3.28. The van der Waals surface area contributed by atoms with E-state index in [2.05, 4.69) is 31.1 Å². The van der Waals surface area contributed by atoms with Crippen molar-refractivity contribution in [3.8, 4) is 5.75 Å². The molecule has 0 atom stereocenters. The third-order valence-electron chi connectivity index (χ3n) is 1.80. The van der Waals surface area contributed by atoms with E-state index in [0.717, 1.165) is 0 Å². The summed E-state index contributed by atoms with van der Waals surface area (Å²) in [5.41, 5.74) is 0.632. The summed E-state index contributed by atoms with van der Waals surface area (Å²) < 4.78 is 12.7. The topological polar surface area (TPSA) is 61.5 Å². The molecule has 7 heteroatoms. The minimum Gasteiger partial charge on any atom is -0.486 e. The normalized spacial score (nSPS) is 10.8. The van der Waals surface area contributed by atoms with E-state index in [-0.39, 0.29) is 0 Å². The lowest BCUT2D eigenvalue weighted by Gasteiger charge is -2.05. The number of nitrogens with zero attached hydrogens (tertiary/aromatic N) is 4. The average Bonchev–Trinajstić information content (AvgIpc) is 2.71. The number of ether oxygens (including phenoxy) is 2. The van der Waals surface area contributed by atoms with E-state index in [1.807, 2.05) is 0 Å². The second kappa shape index (κ2) is 4.54. The fourth-order valence-corrected chi connectivity index (χ4v) is 1.47. The molecule has 2 aromatic rings. The summed E-state index contributed by atoms with van der Waals surface area (Å²) in [7, 11) is 1.62. The first kappa shape index (κ1) is 10.3.